The highest BCUT2D eigenvalue weighted by atomic mass is 16.8. The molecule has 0 fully saturated rings. The number of nitrogens with one attached hydrogen (secondary N) is 2. The van der Waals surface area contributed by atoms with Crippen LogP contribution in [0.5, 0.6) is 5.75 Å². The van der Waals surface area contributed by atoms with Crippen LogP contribution in [-0.4, -0.2) is 17.5 Å². The minimum Gasteiger partial charge on any atom is -0.491 e. The van der Waals surface area contributed by atoms with E-state index in [1.165, 1.54) is 0 Å². The Hall–Kier alpha value is -3.58. The number of fused-ring (bicyclic) bond motifs is 6. The molecule has 0 radical (unpaired) electrons. The molecular weight excluding hydrogens is 356 g/mol. The van der Waals surface area contributed by atoms with Crippen LogP contribution in [-0.2, 0) is 21.7 Å². The molecule has 3 aliphatic heterocycles. The summed E-state index contributed by atoms with van der Waals surface area (Å²) in [5, 5.41) is 0. The second kappa shape index (κ2) is 5.46. The molecule has 28 heavy (non-hydrogen) atoms. The van der Waals surface area contributed by atoms with E-state index in [0.717, 1.165) is 33.8 Å². The van der Waals surface area contributed by atoms with Crippen molar-refractivity contribution in [3.05, 3.63) is 77.6 Å². The molecule has 0 saturated heterocycles. The zero-order chi connectivity index (χ0) is 18.7. The van der Waals surface area contributed by atoms with Gasteiger partial charge in [-0.3, -0.25) is 9.78 Å². The largest absolute Gasteiger partial charge is 0.491 e. The van der Waals surface area contributed by atoms with Crippen molar-refractivity contribution in [3.8, 4) is 5.75 Å². The van der Waals surface area contributed by atoms with Crippen LogP contribution in [0, 0.1) is 0 Å². The number of aromatic nitrogens is 1. The van der Waals surface area contributed by atoms with Crippen LogP contribution in [0.25, 0.3) is 0 Å². The Bertz CT molecular complexity index is 1120. The molecule has 0 saturated carbocycles. The summed E-state index contributed by atoms with van der Waals surface area (Å²) in [7, 11) is 0. The number of benzene rings is 2. The molecular formula is C21H16N4O3. The first-order valence-electron chi connectivity index (χ1n) is 9.07. The summed E-state index contributed by atoms with van der Waals surface area (Å²) in [6.07, 6.45) is 3.52. The summed E-state index contributed by atoms with van der Waals surface area (Å²) < 4.78 is 6.00. The number of hydrogen-bond acceptors (Lipinski definition) is 6. The van der Waals surface area contributed by atoms with Crippen molar-refractivity contribution in [2.24, 2.45) is 0 Å². The molecule has 4 heterocycles. The summed E-state index contributed by atoms with van der Waals surface area (Å²) in [5.41, 5.74) is 10.0. The topological polar surface area (TPSA) is 75.7 Å². The second-order valence-corrected chi connectivity index (χ2v) is 7.13. The van der Waals surface area contributed by atoms with Gasteiger partial charge in [0, 0.05) is 23.6 Å². The number of ether oxygens (including phenoxy) is 1. The maximum atomic E-state index is 13.9. The van der Waals surface area contributed by atoms with Gasteiger partial charge in [0.2, 0.25) is 5.91 Å². The molecule has 1 aromatic heterocycles. The maximum Gasteiger partial charge on any atom is 0.246 e. The molecule has 1 spiro atoms. The van der Waals surface area contributed by atoms with Crippen LogP contribution in [0.3, 0.4) is 0 Å². The Balaban J connectivity index is 1.55. The molecule has 1 amide bonds. The fraction of sp³-hybridized carbons (Fsp3) is 0.143. The lowest BCUT2D eigenvalue weighted by Gasteiger charge is -2.24. The molecule has 3 aromatic rings. The van der Waals surface area contributed by atoms with Gasteiger partial charge in [-0.2, -0.15) is 4.94 Å². The summed E-state index contributed by atoms with van der Waals surface area (Å²) in [6, 6.07) is 15.5. The van der Waals surface area contributed by atoms with E-state index in [4.69, 9.17) is 9.68 Å². The van der Waals surface area contributed by atoms with Crippen molar-refractivity contribution in [3.63, 3.8) is 0 Å². The Morgan fingerprint density at radius 3 is 2.93 bits per heavy atom. The molecule has 1 unspecified atom stereocenters. The van der Waals surface area contributed by atoms with E-state index in [1.54, 1.807) is 12.4 Å². The molecule has 2 N–H and O–H groups in total. The lowest BCUT2D eigenvalue weighted by atomic mass is 9.76. The number of hydrogen-bond donors (Lipinski definition) is 2. The van der Waals surface area contributed by atoms with Crippen LogP contribution in [0.15, 0.2) is 60.9 Å². The lowest BCUT2D eigenvalue weighted by molar-refractivity contribution is -0.122. The van der Waals surface area contributed by atoms with Gasteiger partial charge in [0.1, 0.15) is 17.8 Å². The Morgan fingerprint density at radius 2 is 2.04 bits per heavy atom. The molecule has 7 heteroatoms. The van der Waals surface area contributed by atoms with E-state index in [9.17, 15) is 4.79 Å². The molecule has 2 aromatic carbocycles. The van der Waals surface area contributed by atoms with E-state index < -0.39 is 5.41 Å². The molecule has 7 nitrogen and oxygen atoms in total. The quantitative estimate of drug-likeness (QED) is 0.720. The fourth-order valence-electron chi connectivity index (χ4n) is 4.45. The Labute approximate surface area is 160 Å². The number of para-hydroxylation sites is 1. The predicted molar refractivity (Wildman–Crippen MR) is 103 cm³/mol. The first-order valence-corrected chi connectivity index (χ1v) is 9.07. The molecule has 0 aliphatic carbocycles. The zero-order valence-electron chi connectivity index (χ0n) is 14.8. The first kappa shape index (κ1) is 15.5. The zero-order valence-corrected chi connectivity index (χ0v) is 14.8. The van der Waals surface area contributed by atoms with E-state index in [-0.39, 0.29) is 12.5 Å². The second-order valence-electron chi connectivity index (χ2n) is 7.13. The summed E-state index contributed by atoms with van der Waals surface area (Å²) in [6.45, 7) is 0.720. The van der Waals surface area contributed by atoms with Gasteiger partial charge in [0.05, 0.1) is 17.9 Å². The molecule has 0 bridgehead atoms. The third-order valence-corrected chi connectivity index (χ3v) is 5.68. The molecule has 3 aliphatic rings. The van der Waals surface area contributed by atoms with E-state index in [0.29, 0.717) is 12.3 Å². The van der Waals surface area contributed by atoms with Crippen molar-refractivity contribution in [1.29, 1.82) is 0 Å². The monoisotopic (exact) mass is 372 g/mol. The van der Waals surface area contributed by atoms with Gasteiger partial charge in [0.25, 0.3) is 0 Å². The van der Waals surface area contributed by atoms with Gasteiger partial charge in [-0.05, 0) is 35.4 Å². The average Bonchev–Trinajstić information content (AvgIpc) is 3.42. The first-order chi connectivity index (χ1) is 13.8. The van der Waals surface area contributed by atoms with Crippen molar-refractivity contribution in [1.82, 2.24) is 4.98 Å². The normalized spacial score (nSPS) is 21.0. The van der Waals surface area contributed by atoms with Crippen molar-refractivity contribution in [2.75, 3.05) is 22.5 Å². The SMILES string of the molecule is O=C1N(Cc2cccnc2)c2ccccc2C12COc1ccc3c(c12)NON3. The number of amides is 1. The van der Waals surface area contributed by atoms with Crippen molar-refractivity contribution >= 4 is 23.0 Å². The molecule has 138 valence electrons. The van der Waals surface area contributed by atoms with Gasteiger partial charge in [-0.15, -0.1) is 0 Å². The van der Waals surface area contributed by atoms with Gasteiger partial charge < -0.3 is 9.64 Å². The number of pyridine rings is 1. The highest BCUT2D eigenvalue weighted by Crippen LogP contribution is 2.56. The summed E-state index contributed by atoms with van der Waals surface area (Å²) >= 11 is 0. The highest BCUT2D eigenvalue weighted by Gasteiger charge is 2.58. The number of carbonyl (C=O) groups is 1. The van der Waals surface area contributed by atoms with E-state index >= 15 is 0 Å². The standard InChI is InChI=1S/C21H16N4O3/c26-20-21(12-27-17-8-7-15-19(18(17)21)24-28-23-15)14-5-1-2-6-16(14)25(20)11-13-4-3-9-22-10-13/h1-10,23-24H,11-12H2. The Kier molecular flexibility index (Phi) is 3.02. The predicted octanol–water partition coefficient (Wildman–Crippen LogP) is 2.99. The number of carbonyl (C=O) groups excluding carboxylic acids is 1. The minimum atomic E-state index is -0.901. The highest BCUT2D eigenvalue weighted by molar-refractivity contribution is 6.12. The van der Waals surface area contributed by atoms with Crippen LogP contribution < -0.4 is 20.6 Å². The third kappa shape index (κ3) is 1.86. The maximum absolute atomic E-state index is 13.9. The molecule has 1 atom stereocenters. The van der Waals surface area contributed by atoms with Gasteiger partial charge in [0.15, 0.2) is 0 Å². The van der Waals surface area contributed by atoms with Gasteiger partial charge in [-0.1, -0.05) is 24.3 Å². The summed E-state index contributed by atoms with van der Waals surface area (Å²) in [5.74, 6) is 0.698. The van der Waals surface area contributed by atoms with Crippen LogP contribution >= 0.6 is 0 Å². The Morgan fingerprint density at radius 1 is 1.11 bits per heavy atom. The third-order valence-electron chi connectivity index (χ3n) is 5.68. The van der Waals surface area contributed by atoms with Crippen molar-refractivity contribution in [2.45, 2.75) is 12.0 Å². The van der Waals surface area contributed by atoms with Crippen LogP contribution in [0.1, 0.15) is 16.7 Å². The minimum absolute atomic E-state index is 0.00148. The van der Waals surface area contributed by atoms with E-state index in [1.807, 2.05) is 53.4 Å². The number of nitrogens with zero attached hydrogens (tertiary/aromatic N) is 2. The number of rotatable bonds is 2. The average molecular weight is 372 g/mol. The van der Waals surface area contributed by atoms with Gasteiger partial charge >= 0.3 is 0 Å². The van der Waals surface area contributed by atoms with Crippen LogP contribution in [0.4, 0.5) is 17.1 Å². The van der Waals surface area contributed by atoms with Crippen LogP contribution in [0.2, 0.25) is 0 Å². The summed E-state index contributed by atoms with van der Waals surface area (Å²) in [4.78, 5) is 25.1. The molecule has 6 rings (SSSR count). The smallest absolute Gasteiger partial charge is 0.246 e. The lowest BCUT2D eigenvalue weighted by Crippen LogP contribution is -2.42. The van der Waals surface area contributed by atoms with E-state index in [2.05, 4.69) is 15.9 Å². The fourth-order valence-corrected chi connectivity index (χ4v) is 4.45. The van der Waals surface area contributed by atoms with Gasteiger partial charge in [-0.25, -0.2) is 11.0 Å². The number of anilines is 3. The van der Waals surface area contributed by atoms with Crippen molar-refractivity contribution < 1.29 is 14.5 Å².